The van der Waals surface area contributed by atoms with Crippen LogP contribution >= 0.6 is 0 Å². The minimum absolute atomic E-state index is 0.392. The molecule has 3 rings (SSSR count). The van der Waals surface area contributed by atoms with Gasteiger partial charge in [-0.1, -0.05) is 37.5 Å². The molecular weight excluding hydrogens is 258 g/mol. The van der Waals surface area contributed by atoms with E-state index in [0.29, 0.717) is 17.5 Å². The Labute approximate surface area is 126 Å². The van der Waals surface area contributed by atoms with Crippen LogP contribution in [0.3, 0.4) is 0 Å². The lowest BCUT2D eigenvalue weighted by Crippen LogP contribution is -2.28. The first-order chi connectivity index (χ1) is 10.3. The lowest BCUT2D eigenvalue weighted by molar-refractivity contribution is 0.328. The molecule has 3 heteroatoms. The Bertz CT molecular complexity index is 666. The van der Waals surface area contributed by atoms with Gasteiger partial charge in [-0.2, -0.15) is 5.26 Å². The zero-order valence-electron chi connectivity index (χ0n) is 12.5. The van der Waals surface area contributed by atoms with Crippen LogP contribution in [0.15, 0.2) is 30.5 Å². The number of hydrogen-bond donors (Lipinski definition) is 1. The van der Waals surface area contributed by atoms with Crippen molar-refractivity contribution >= 4 is 16.6 Å². The number of benzene rings is 1. The highest BCUT2D eigenvalue weighted by atomic mass is 14.9. The van der Waals surface area contributed by atoms with Crippen LogP contribution in [-0.2, 0) is 0 Å². The Hall–Kier alpha value is -2.08. The van der Waals surface area contributed by atoms with E-state index >= 15 is 0 Å². The molecule has 1 N–H and O–H groups in total. The van der Waals surface area contributed by atoms with Crippen molar-refractivity contribution in [1.29, 1.82) is 5.26 Å². The highest BCUT2D eigenvalue weighted by Gasteiger charge is 2.21. The van der Waals surface area contributed by atoms with E-state index in [1.54, 1.807) is 6.20 Å². The van der Waals surface area contributed by atoms with Crippen LogP contribution in [0.2, 0.25) is 0 Å². The third-order valence-corrected chi connectivity index (χ3v) is 4.62. The van der Waals surface area contributed by atoms with Gasteiger partial charge < -0.3 is 5.32 Å². The first kappa shape index (κ1) is 13.9. The highest BCUT2D eigenvalue weighted by Crippen LogP contribution is 2.31. The summed E-state index contributed by atoms with van der Waals surface area (Å²) in [6.45, 7) is 2.24. The van der Waals surface area contributed by atoms with Crippen molar-refractivity contribution in [2.24, 2.45) is 5.92 Å². The van der Waals surface area contributed by atoms with Crippen LogP contribution in [0.5, 0.6) is 0 Å². The summed E-state index contributed by atoms with van der Waals surface area (Å²) in [6, 6.07) is 10.7. The lowest BCUT2D eigenvalue weighted by Gasteiger charge is -2.29. The first-order valence-electron chi connectivity index (χ1n) is 7.84. The summed E-state index contributed by atoms with van der Waals surface area (Å²) in [5, 5.41) is 14.0. The van der Waals surface area contributed by atoms with E-state index in [1.807, 2.05) is 24.3 Å². The second-order valence-corrected chi connectivity index (χ2v) is 6.01. The van der Waals surface area contributed by atoms with Gasteiger partial charge in [-0.15, -0.1) is 0 Å². The molecule has 1 aromatic carbocycles. The highest BCUT2D eigenvalue weighted by molar-refractivity contribution is 5.93. The molecule has 3 nitrogen and oxygen atoms in total. The average Bonchev–Trinajstić information content (AvgIpc) is 2.56. The van der Waals surface area contributed by atoms with Gasteiger partial charge in [-0.25, -0.2) is 0 Å². The number of fused-ring (bicyclic) bond motifs is 1. The summed E-state index contributed by atoms with van der Waals surface area (Å²) in [5.74, 6) is 0.706. The van der Waals surface area contributed by atoms with E-state index < -0.39 is 0 Å². The van der Waals surface area contributed by atoms with Crippen molar-refractivity contribution in [2.45, 2.75) is 45.1 Å². The fourth-order valence-electron chi connectivity index (χ4n) is 3.36. The van der Waals surface area contributed by atoms with Crippen molar-refractivity contribution in [3.05, 3.63) is 36.0 Å². The summed E-state index contributed by atoms with van der Waals surface area (Å²) in [6.07, 6.45) is 8.29. The fraction of sp³-hybridized carbons (Fsp3) is 0.444. The summed E-state index contributed by atoms with van der Waals surface area (Å²) in [4.78, 5) is 4.37. The van der Waals surface area contributed by atoms with Crippen LogP contribution in [0.4, 0.5) is 5.69 Å². The molecule has 0 radical (unpaired) electrons. The van der Waals surface area contributed by atoms with Crippen LogP contribution in [0.25, 0.3) is 10.9 Å². The maximum atomic E-state index is 9.37. The summed E-state index contributed by atoms with van der Waals surface area (Å²) >= 11 is 0. The van der Waals surface area contributed by atoms with Gasteiger partial charge in [0.2, 0.25) is 0 Å². The normalized spacial score (nSPS) is 17.3. The third-order valence-electron chi connectivity index (χ3n) is 4.62. The van der Waals surface area contributed by atoms with E-state index in [-0.39, 0.29) is 0 Å². The number of anilines is 1. The van der Waals surface area contributed by atoms with Gasteiger partial charge in [0, 0.05) is 17.6 Å². The zero-order chi connectivity index (χ0) is 14.7. The molecule has 2 aromatic rings. The van der Waals surface area contributed by atoms with Crippen molar-refractivity contribution in [2.75, 3.05) is 5.32 Å². The molecule has 1 aliphatic rings. The molecule has 1 aliphatic carbocycles. The summed E-state index contributed by atoms with van der Waals surface area (Å²) in [5.41, 5.74) is 2.52. The maximum Gasteiger partial charge on any atom is 0.103 e. The van der Waals surface area contributed by atoms with Crippen molar-refractivity contribution in [3.63, 3.8) is 0 Å². The predicted octanol–water partition coefficient (Wildman–Crippen LogP) is 4.49. The monoisotopic (exact) mass is 279 g/mol. The Morgan fingerprint density at radius 2 is 2.00 bits per heavy atom. The number of nitriles is 1. The van der Waals surface area contributed by atoms with Gasteiger partial charge in [0.1, 0.15) is 6.07 Å². The molecule has 1 heterocycles. The van der Waals surface area contributed by atoms with Crippen LogP contribution in [0, 0.1) is 17.2 Å². The fourth-order valence-corrected chi connectivity index (χ4v) is 3.36. The smallest absolute Gasteiger partial charge is 0.103 e. The second-order valence-electron chi connectivity index (χ2n) is 6.01. The van der Waals surface area contributed by atoms with E-state index in [2.05, 4.69) is 23.3 Å². The number of nitrogens with one attached hydrogen (secondary N) is 1. The van der Waals surface area contributed by atoms with Crippen molar-refractivity contribution in [1.82, 2.24) is 4.98 Å². The molecule has 1 fully saturated rings. The topological polar surface area (TPSA) is 48.7 Å². The van der Waals surface area contributed by atoms with Gasteiger partial charge >= 0.3 is 0 Å². The van der Waals surface area contributed by atoms with Gasteiger partial charge in [0.15, 0.2) is 0 Å². The van der Waals surface area contributed by atoms with Crippen LogP contribution in [0.1, 0.15) is 44.6 Å². The molecule has 0 aliphatic heterocycles. The minimum atomic E-state index is 0.392. The van der Waals surface area contributed by atoms with E-state index in [1.165, 1.54) is 32.1 Å². The van der Waals surface area contributed by atoms with Crippen molar-refractivity contribution < 1.29 is 0 Å². The van der Waals surface area contributed by atoms with Gasteiger partial charge in [-0.3, -0.25) is 4.98 Å². The number of rotatable bonds is 3. The maximum absolute atomic E-state index is 9.37. The standard InChI is InChI=1S/C18H21N3/c1-13(14-7-3-2-4-8-14)21-18-15(11-19)12-20-17-10-6-5-9-16(17)18/h5-6,9-10,12-14H,2-4,7-8H2,1H3,(H,20,21). The largest absolute Gasteiger partial charge is 0.381 e. The summed E-state index contributed by atoms with van der Waals surface area (Å²) < 4.78 is 0. The molecule has 0 amide bonds. The number of pyridine rings is 1. The Morgan fingerprint density at radius 1 is 1.24 bits per heavy atom. The Kier molecular flexibility index (Phi) is 4.06. The number of para-hydroxylation sites is 1. The van der Waals surface area contributed by atoms with Gasteiger partial charge in [0.25, 0.3) is 0 Å². The molecule has 21 heavy (non-hydrogen) atoms. The van der Waals surface area contributed by atoms with Crippen LogP contribution in [-0.4, -0.2) is 11.0 Å². The van der Waals surface area contributed by atoms with Crippen LogP contribution < -0.4 is 5.32 Å². The molecule has 1 saturated carbocycles. The van der Waals surface area contributed by atoms with E-state index in [4.69, 9.17) is 0 Å². The Morgan fingerprint density at radius 3 is 2.76 bits per heavy atom. The lowest BCUT2D eigenvalue weighted by atomic mass is 9.84. The molecular formula is C18H21N3. The van der Waals surface area contributed by atoms with Gasteiger partial charge in [-0.05, 0) is 31.7 Å². The minimum Gasteiger partial charge on any atom is -0.381 e. The molecule has 0 spiro atoms. The third kappa shape index (κ3) is 2.85. The Balaban J connectivity index is 1.93. The molecule has 0 bridgehead atoms. The number of hydrogen-bond acceptors (Lipinski definition) is 3. The molecule has 1 atom stereocenters. The number of nitrogens with zero attached hydrogens (tertiary/aromatic N) is 2. The second kappa shape index (κ2) is 6.13. The molecule has 0 saturated heterocycles. The molecule has 1 unspecified atom stereocenters. The van der Waals surface area contributed by atoms with E-state index in [0.717, 1.165) is 16.6 Å². The first-order valence-corrected chi connectivity index (χ1v) is 7.84. The average molecular weight is 279 g/mol. The van der Waals surface area contributed by atoms with E-state index in [9.17, 15) is 5.26 Å². The molecule has 1 aromatic heterocycles. The predicted molar refractivity (Wildman–Crippen MR) is 86.1 cm³/mol. The van der Waals surface area contributed by atoms with Gasteiger partial charge in [0.05, 0.1) is 16.8 Å². The summed E-state index contributed by atoms with van der Waals surface area (Å²) in [7, 11) is 0. The SMILES string of the molecule is CC(Nc1c(C#N)cnc2ccccc12)C1CCCCC1. The van der Waals surface area contributed by atoms with Crippen molar-refractivity contribution in [3.8, 4) is 6.07 Å². The zero-order valence-corrected chi connectivity index (χ0v) is 12.5. The molecule has 108 valence electrons. The quantitative estimate of drug-likeness (QED) is 0.900. The number of aromatic nitrogens is 1.